The molecule has 1 saturated carbocycles. The number of nitro benzene ring substituents is 1. The lowest BCUT2D eigenvalue weighted by Gasteiger charge is -2.23. The van der Waals surface area contributed by atoms with E-state index in [0.717, 1.165) is 0 Å². The summed E-state index contributed by atoms with van der Waals surface area (Å²) in [5.41, 5.74) is -0.0823. The van der Waals surface area contributed by atoms with E-state index < -0.39 is 16.4 Å². The molecule has 1 aliphatic carbocycles. The van der Waals surface area contributed by atoms with Crippen LogP contribution in [0.5, 0.6) is 0 Å². The second-order valence-corrected chi connectivity index (χ2v) is 5.93. The van der Waals surface area contributed by atoms with E-state index in [-0.39, 0.29) is 0 Å². The lowest BCUT2D eigenvalue weighted by Crippen LogP contribution is -2.33. The first kappa shape index (κ1) is 15.9. The molecule has 0 saturated heterocycles. The summed E-state index contributed by atoms with van der Waals surface area (Å²) in [7, 11) is 0. The molecule has 2 rings (SSSR count). The molecule has 1 N–H and O–H groups in total. The fourth-order valence-electron chi connectivity index (χ4n) is 3.09. The Morgan fingerprint density at radius 3 is 2.62 bits per heavy atom. The largest absolute Gasteiger partial charge is 0.310 e. The van der Waals surface area contributed by atoms with Gasteiger partial charge in [-0.05, 0) is 25.7 Å². The number of halogens is 1. The van der Waals surface area contributed by atoms with Gasteiger partial charge in [-0.2, -0.15) is 4.39 Å². The van der Waals surface area contributed by atoms with Crippen LogP contribution in [0.25, 0.3) is 0 Å². The molecule has 1 aliphatic rings. The molecule has 5 heteroatoms. The normalized spacial score (nSPS) is 18.2. The Bertz CT molecular complexity index is 485. The monoisotopic (exact) mass is 294 g/mol. The van der Waals surface area contributed by atoms with Gasteiger partial charge in [0.25, 0.3) is 0 Å². The van der Waals surface area contributed by atoms with Gasteiger partial charge in [-0.25, -0.2) is 0 Å². The van der Waals surface area contributed by atoms with Crippen LogP contribution in [0.4, 0.5) is 10.1 Å². The van der Waals surface area contributed by atoms with Crippen molar-refractivity contribution in [1.29, 1.82) is 0 Å². The molecule has 1 aromatic carbocycles. The highest BCUT2D eigenvalue weighted by Gasteiger charge is 2.21. The third-order valence-electron chi connectivity index (χ3n) is 4.48. The fourth-order valence-corrected chi connectivity index (χ4v) is 3.09. The second-order valence-electron chi connectivity index (χ2n) is 5.93. The van der Waals surface area contributed by atoms with E-state index >= 15 is 0 Å². The highest BCUT2D eigenvalue weighted by molar-refractivity contribution is 5.36. The Morgan fingerprint density at radius 2 is 2.00 bits per heavy atom. The first-order valence-corrected chi connectivity index (χ1v) is 7.74. The summed E-state index contributed by atoms with van der Waals surface area (Å²) in [6.45, 7) is 2.47. The Hall–Kier alpha value is -1.49. The summed E-state index contributed by atoms with van der Waals surface area (Å²) in [6.07, 6.45) is 7.58. The molecule has 0 unspecified atom stereocenters. The minimum atomic E-state index is -0.719. The maximum atomic E-state index is 14.0. The van der Waals surface area contributed by atoms with Crippen LogP contribution in [0.15, 0.2) is 18.2 Å². The fraction of sp³-hybridized carbons (Fsp3) is 0.625. The minimum Gasteiger partial charge on any atom is -0.310 e. The number of nitrogens with zero attached hydrogens (tertiary/aromatic N) is 1. The van der Waals surface area contributed by atoms with Gasteiger partial charge in [0.2, 0.25) is 5.82 Å². The average Bonchev–Trinajstić information content (AvgIpc) is 2.74. The van der Waals surface area contributed by atoms with Crippen LogP contribution in [-0.4, -0.2) is 11.0 Å². The van der Waals surface area contributed by atoms with Crippen LogP contribution in [-0.2, 0) is 6.54 Å². The van der Waals surface area contributed by atoms with E-state index in [1.807, 2.05) is 0 Å². The number of hydrogen-bond acceptors (Lipinski definition) is 3. The van der Waals surface area contributed by atoms with E-state index in [0.29, 0.717) is 24.1 Å². The second kappa shape index (κ2) is 7.50. The van der Waals surface area contributed by atoms with Crippen LogP contribution < -0.4 is 5.32 Å². The number of benzene rings is 1. The highest BCUT2D eigenvalue weighted by Crippen LogP contribution is 2.26. The van der Waals surface area contributed by atoms with E-state index in [1.54, 1.807) is 6.07 Å². The van der Waals surface area contributed by atoms with E-state index in [2.05, 4.69) is 12.2 Å². The zero-order valence-electron chi connectivity index (χ0n) is 12.5. The van der Waals surface area contributed by atoms with Crippen LogP contribution >= 0.6 is 0 Å². The summed E-state index contributed by atoms with van der Waals surface area (Å²) in [5, 5.41) is 14.1. The van der Waals surface area contributed by atoms with Gasteiger partial charge in [-0.15, -0.1) is 0 Å². The molecule has 1 fully saturated rings. The van der Waals surface area contributed by atoms with Gasteiger partial charge in [-0.3, -0.25) is 10.1 Å². The molecule has 1 aromatic rings. The third-order valence-corrected chi connectivity index (χ3v) is 4.48. The third kappa shape index (κ3) is 4.24. The summed E-state index contributed by atoms with van der Waals surface area (Å²) in [5.74, 6) is -0.0997. The van der Waals surface area contributed by atoms with Gasteiger partial charge < -0.3 is 5.32 Å². The Kier molecular flexibility index (Phi) is 5.67. The Labute approximate surface area is 124 Å². The molecule has 4 nitrogen and oxygen atoms in total. The van der Waals surface area contributed by atoms with Gasteiger partial charge in [0.05, 0.1) is 4.92 Å². The molecule has 0 amide bonds. The molecule has 21 heavy (non-hydrogen) atoms. The molecule has 0 aliphatic heterocycles. The van der Waals surface area contributed by atoms with Gasteiger partial charge in [0, 0.05) is 24.2 Å². The van der Waals surface area contributed by atoms with Crippen LogP contribution in [0.1, 0.15) is 51.0 Å². The highest BCUT2D eigenvalue weighted by atomic mass is 19.1. The molecule has 0 heterocycles. The molecular formula is C16H23FN2O2. The first-order valence-electron chi connectivity index (χ1n) is 7.74. The van der Waals surface area contributed by atoms with Crippen LogP contribution in [0.2, 0.25) is 0 Å². The van der Waals surface area contributed by atoms with Crippen molar-refractivity contribution in [1.82, 2.24) is 5.32 Å². The maximum absolute atomic E-state index is 14.0. The van der Waals surface area contributed by atoms with Crippen molar-refractivity contribution in [3.8, 4) is 0 Å². The van der Waals surface area contributed by atoms with Crippen molar-refractivity contribution in [3.63, 3.8) is 0 Å². The molecule has 0 aromatic heterocycles. The zero-order valence-corrected chi connectivity index (χ0v) is 12.5. The van der Waals surface area contributed by atoms with Gasteiger partial charge in [-0.1, -0.05) is 37.8 Å². The van der Waals surface area contributed by atoms with Crippen molar-refractivity contribution >= 4 is 5.69 Å². The SMILES string of the molecule is C[C@H](NCc1cccc([N+](=O)[O-])c1F)C1CCCCCC1. The quantitative estimate of drug-likeness (QED) is 0.503. The molecule has 116 valence electrons. The van der Waals surface area contributed by atoms with Crippen molar-refractivity contribution < 1.29 is 9.31 Å². The molecule has 0 radical (unpaired) electrons. The maximum Gasteiger partial charge on any atom is 0.305 e. The minimum absolute atomic E-state index is 0.307. The summed E-state index contributed by atoms with van der Waals surface area (Å²) < 4.78 is 14.0. The Balaban J connectivity index is 1.96. The molecule has 1 atom stereocenters. The smallest absolute Gasteiger partial charge is 0.305 e. The number of nitro groups is 1. The lowest BCUT2D eigenvalue weighted by atomic mass is 9.93. The molecular weight excluding hydrogens is 271 g/mol. The number of nitrogens with one attached hydrogen (secondary N) is 1. The Morgan fingerprint density at radius 1 is 1.33 bits per heavy atom. The predicted octanol–water partition coefficient (Wildman–Crippen LogP) is 4.18. The van der Waals surface area contributed by atoms with Crippen molar-refractivity contribution in [2.24, 2.45) is 5.92 Å². The zero-order chi connectivity index (χ0) is 15.2. The standard InChI is InChI=1S/C16H23FN2O2/c1-12(13-7-4-2-3-5-8-13)18-11-14-9-6-10-15(16(14)17)19(20)21/h6,9-10,12-13,18H,2-5,7-8,11H2,1H3/t12-/m0/s1. The van der Waals surface area contributed by atoms with Crippen molar-refractivity contribution in [3.05, 3.63) is 39.7 Å². The van der Waals surface area contributed by atoms with E-state index in [1.165, 1.54) is 50.7 Å². The number of hydrogen-bond donors (Lipinski definition) is 1. The van der Waals surface area contributed by atoms with Crippen LogP contribution in [0.3, 0.4) is 0 Å². The summed E-state index contributed by atoms with van der Waals surface area (Å²) >= 11 is 0. The van der Waals surface area contributed by atoms with E-state index in [4.69, 9.17) is 0 Å². The summed E-state index contributed by atoms with van der Waals surface area (Å²) in [4.78, 5) is 10.1. The molecule has 0 spiro atoms. The lowest BCUT2D eigenvalue weighted by molar-refractivity contribution is -0.387. The summed E-state index contributed by atoms with van der Waals surface area (Å²) in [6, 6.07) is 4.65. The first-order chi connectivity index (χ1) is 10.1. The van der Waals surface area contributed by atoms with Gasteiger partial charge in [0.15, 0.2) is 0 Å². The topological polar surface area (TPSA) is 55.2 Å². The molecule has 0 bridgehead atoms. The predicted molar refractivity (Wildman–Crippen MR) is 80.5 cm³/mol. The number of rotatable bonds is 5. The van der Waals surface area contributed by atoms with Crippen molar-refractivity contribution in [2.45, 2.75) is 58.0 Å². The van der Waals surface area contributed by atoms with Gasteiger partial charge >= 0.3 is 5.69 Å². The van der Waals surface area contributed by atoms with Crippen molar-refractivity contribution in [2.75, 3.05) is 0 Å². The van der Waals surface area contributed by atoms with Gasteiger partial charge in [0.1, 0.15) is 0 Å². The average molecular weight is 294 g/mol. The van der Waals surface area contributed by atoms with Crippen LogP contribution in [0, 0.1) is 21.8 Å². The van der Waals surface area contributed by atoms with E-state index in [9.17, 15) is 14.5 Å².